The Bertz CT molecular complexity index is 197. The van der Waals surface area contributed by atoms with Gasteiger partial charge in [0.1, 0.15) is 24.4 Å². The van der Waals surface area contributed by atoms with Gasteiger partial charge in [-0.05, 0) is 0 Å². The Morgan fingerprint density at radius 2 is 1.57 bits per heavy atom. The van der Waals surface area contributed by atoms with E-state index in [4.69, 9.17) is 20.4 Å². The summed E-state index contributed by atoms with van der Waals surface area (Å²) < 4.78 is 0. The zero-order chi connectivity index (χ0) is 10.6. The van der Waals surface area contributed by atoms with Crippen molar-refractivity contribution in [2.75, 3.05) is 0 Å². The van der Waals surface area contributed by atoms with Gasteiger partial charge in [0.15, 0.2) is 6.29 Å². The first-order chi connectivity index (χ1) is 5.91. The third-order valence-corrected chi connectivity index (χ3v) is 1.40. The predicted molar refractivity (Wildman–Crippen MR) is 35.1 cm³/mol. The van der Waals surface area contributed by atoms with Crippen LogP contribution in [0.15, 0.2) is 0 Å². The van der Waals surface area contributed by atoms with E-state index in [1.54, 1.807) is 0 Å². The van der Waals surface area contributed by atoms with Gasteiger partial charge in [-0.2, -0.15) is 0 Å². The van der Waals surface area contributed by atoms with Crippen molar-refractivity contribution in [3.63, 3.8) is 0 Å². The molecule has 0 amide bonds. The summed E-state index contributed by atoms with van der Waals surface area (Å²) in [5.74, 6) is -2.01. The molecule has 0 aliphatic heterocycles. The zero-order valence-electron chi connectivity index (χ0n) is 7.40. The molecule has 0 aromatic heterocycles. The second kappa shape index (κ2) is 7.85. The molecule has 0 radical (unpaired) electrons. The third-order valence-electron chi connectivity index (χ3n) is 1.40. The number of carbonyl (C=O) groups is 2. The second-order valence-corrected chi connectivity index (χ2v) is 2.37. The third kappa shape index (κ3) is 4.91. The van der Waals surface area contributed by atoms with Gasteiger partial charge in [0.2, 0.25) is 0 Å². The van der Waals surface area contributed by atoms with Crippen LogP contribution in [0.25, 0.3) is 0 Å². The van der Waals surface area contributed by atoms with Crippen LogP contribution < -0.4 is 56.5 Å². The first-order valence-electron chi connectivity index (χ1n) is 3.30. The van der Waals surface area contributed by atoms with E-state index in [9.17, 15) is 14.7 Å². The number of aldehydes is 1. The van der Waals surface area contributed by atoms with Crippen molar-refractivity contribution in [1.29, 1.82) is 0 Å². The molecule has 14 heavy (non-hydrogen) atoms. The second-order valence-electron chi connectivity index (χ2n) is 2.37. The van der Waals surface area contributed by atoms with Crippen LogP contribution in [0.2, 0.25) is 0 Å². The Labute approximate surface area is 122 Å². The van der Waals surface area contributed by atoms with Crippen LogP contribution >= 0.6 is 0 Å². The van der Waals surface area contributed by atoms with E-state index in [1.807, 2.05) is 0 Å². The molecular weight excluding hydrogens is 223 g/mol. The van der Waals surface area contributed by atoms with E-state index < -0.39 is 30.4 Å². The monoisotopic (exact) mass is 232 g/mol. The van der Waals surface area contributed by atoms with Crippen LogP contribution in [0.3, 0.4) is 0 Å². The number of carbonyl (C=O) groups excluding carboxylic acids is 2. The standard InChI is InChI=1S/C6H10O7.K/c7-1-2(8)3(9)4(10)5(11)6(12)13;/h1-5,8-11H,(H,12,13);/q;+1/p-1/t2-,3+,4+,5-;/m0./s1. The van der Waals surface area contributed by atoms with E-state index in [0.29, 0.717) is 0 Å². The molecule has 0 aromatic rings. The van der Waals surface area contributed by atoms with Gasteiger partial charge in [-0.1, -0.05) is 0 Å². The van der Waals surface area contributed by atoms with Gasteiger partial charge in [0, 0.05) is 0 Å². The molecule has 8 heteroatoms. The molecule has 0 rings (SSSR count). The van der Waals surface area contributed by atoms with Crippen LogP contribution in [0.5, 0.6) is 0 Å². The average molecular weight is 232 g/mol. The summed E-state index contributed by atoms with van der Waals surface area (Å²) in [4.78, 5) is 19.8. The van der Waals surface area contributed by atoms with Gasteiger partial charge in [0.05, 0.1) is 5.97 Å². The number of hydrogen-bond acceptors (Lipinski definition) is 7. The van der Waals surface area contributed by atoms with Crippen LogP contribution in [-0.4, -0.2) is 57.1 Å². The van der Waals surface area contributed by atoms with E-state index >= 15 is 0 Å². The van der Waals surface area contributed by atoms with Crippen LogP contribution in [0, 0.1) is 0 Å². The Hall–Kier alpha value is 0.616. The number of rotatable bonds is 5. The van der Waals surface area contributed by atoms with Gasteiger partial charge < -0.3 is 35.1 Å². The summed E-state index contributed by atoms with van der Waals surface area (Å²) in [6.45, 7) is 0. The van der Waals surface area contributed by atoms with Crippen LogP contribution in [-0.2, 0) is 9.59 Å². The number of aliphatic hydroxyl groups is 4. The number of aliphatic hydroxyl groups excluding tert-OH is 4. The summed E-state index contributed by atoms with van der Waals surface area (Å²) in [5.41, 5.74) is 0. The van der Waals surface area contributed by atoms with Gasteiger partial charge in [-0.25, -0.2) is 0 Å². The maximum Gasteiger partial charge on any atom is 1.00 e. The zero-order valence-corrected chi connectivity index (χ0v) is 10.5. The van der Waals surface area contributed by atoms with Crippen LogP contribution in [0.4, 0.5) is 0 Å². The Morgan fingerprint density at radius 3 is 1.86 bits per heavy atom. The quantitative estimate of drug-likeness (QED) is 0.273. The molecule has 0 fully saturated rings. The molecule has 4 N–H and O–H groups in total. The Kier molecular flexibility index (Phi) is 9.55. The number of carboxylic acids is 1. The first-order valence-corrected chi connectivity index (χ1v) is 3.30. The molecule has 0 unspecified atom stereocenters. The van der Waals surface area contributed by atoms with Crippen molar-refractivity contribution in [2.45, 2.75) is 24.4 Å². The SMILES string of the molecule is O=C[C@H](O)[C@@H](O)[C@@H](O)[C@H](O)C(=O)[O-].[K+]. The summed E-state index contributed by atoms with van der Waals surface area (Å²) in [6.07, 6.45) is -8.65. The summed E-state index contributed by atoms with van der Waals surface area (Å²) in [5, 5.41) is 44.8. The molecule has 0 saturated carbocycles. The van der Waals surface area contributed by atoms with Gasteiger partial charge in [0.25, 0.3) is 0 Å². The van der Waals surface area contributed by atoms with Crippen molar-refractivity contribution in [1.82, 2.24) is 0 Å². The fourth-order valence-corrected chi connectivity index (χ4v) is 0.609. The largest absolute Gasteiger partial charge is 1.00 e. The number of hydrogen-bond donors (Lipinski definition) is 4. The molecule has 0 bridgehead atoms. The molecule has 7 nitrogen and oxygen atoms in total. The maximum atomic E-state index is 9.95. The molecule has 0 aliphatic rings. The van der Waals surface area contributed by atoms with E-state index in [1.165, 1.54) is 0 Å². The predicted octanol–water partition coefficient (Wildman–Crippen LogP) is -7.62. The average Bonchev–Trinajstić information content (AvgIpc) is 2.12. The van der Waals surface area contributed by atoms with Crippen molar-refractivity contribution >= 4 is 12.3 Å². The first kappa shape index (κ1) is 17.0. The van der Waals surface area contributed by atoms with E-state index in [2.05, 4.69) is 0 Å². The minimum Gasteiger partial charge on any atom is -0.547 e. The molecule has 4 atom stereocenters. The van der Waals surface area contributed by atoms with Crippen molar-refractivity contribution in [3.8, 4) is 0 Å². The smallest absolute Gasteiger partial charge is 0.547 e. The summed E-state index contributed by atoms with van der Waals surface area (Å²) >= 11 is 0. The number of carboxylic acid groups (broad SMARTS) is 1. The van der Waals surface area contributed by atoms with Crippen LogP contribution in [0.1, 0.15) is 0 Å². The molecule has 0 heterocycles. The maximum absolute atomic E-state index is 9.95. The summed E-state index contributed by atoms with van der Waals surface area (Å²) in [7, 11) is 0. The van der Waals surface area contributed by atoms with Crippen molar-refractivity contribution in [3.05, 3.63) is 0 Å². The topological polar surface area (TPSA) is 138 Å². The fraction of sp³-hybridized carbons (Fsp3) is 0.667. The van der Waals surface area contributed by atoms with Gasteiger partial charge in [-0.15, -0.1) is 0 Å². The van der Waals surface area contributed by atoms with E-state index in [0.717, 1.165) is 0 Å². The molecular formula is C6H9KO7. The summed E-state index contributed by atoms with van der Waals surface area (Å²) in [6, 6.07) is 0. The van der Waals surface area contributed by atoms with Gasteiger partial charge in [-0.3, -0.25) is 0 Å². The minimum atomic E-state index is -2.36. The Morgan fingerprint density at radius 1 is 1.14 bits per heavy atom. The number of aliphatic carboxylic acids is 1. The molecule has 0 aliphatic carbocycles. The van der Waals surface area contributed by atoms with Gasteiger partial charge >= 0.3 is 51.4 Å². The van der Waals surface area contributed by atoms with Crippen molar-refractivity contribution < 1.29 is 86.5 Å². The normalized spacial score (nSPS) is 18.6. The molecule has 0 spiro atoms. The minimum absolute atomic E-state index is 0. The fourth-order valence-electron chi connectivity index (χ4n) is 0.609. The molecule has 0 aromatic carbocycles. The van der Waals surface area contributed by atoms with E-state index in [-0.39, 0.29) is 57.7 Å². The molecule has 0 saturated heterocycles. The van der Waals surface area contributed by atoms with Crippen molar-refractivity contribution in [2.24, 2.45) is 0 Å². The Balaban J connectivity index is 0. The molecule has 76 valence electrons.